The molecule has 3 aromatic carbocycles. The SMILES string of the molecule is Cc1ccc(-c2ccc(/C=N\NC(=O)c3cc(-c4ccccc4)nc4ccccc34)o2)cc1[N+](=O)[O-]. The van der Waals surface area contributed by atoms with Gasteiger partial charge in [0.1, 0.15) is 11.5 Å². The first-order valence-corrected chi connectivity index (χ1v) is 11.1. The summed E-state index contributed by atoms with van der Waals surface area (Å²) in [6.45, 7) is 1.68. The van der Waals surface area contributed by atoms with E-state index in [0.717, 1.165) is 5.56 Å². The highest BCUT2D eigenvalue weighted by molar-refractivity contribution is 6.07. The normalized spacial score (nSPS) is 11.1. The zero-order valence-electron chi connectivity index (χ0n) is 19.2. The third kappa shape index (κ3) is 4.60. The number of aromatic nitrogens is 1. The van der Waals surface area contributed by atoms with Gasteiger partial charge in [0.05, 0.1) is 27.9 Å². The number of hydrogen-bond donors (Lipinski definition) is 1. The number of benzene rings is 3. The maximum atomic E-state index is 13.0. The minimum atomic E-state index is -0.425. The molecule has 1 amide bonds. The first kappa shape index (κ1) is 22.7. The molecule has 0 bridgehead atoms. The second-order valence-electron chi connectivity index (χ2n) is 8.10. The van der Waals surface area contributed by atoms with E-state index in [0.29, 0.717) is 44.8 Å². The lowest BCUT2D eigenvalue weighted by Crippen LogP contribution is -2.18. The Kier molecular flexibility index (Phi) is 6.07. The largest absolute Gasteiger partial charge is 0.455 e. The van der Waals surface area contributed by atoms with Crippen molar-refractivity contribution >= 4 is 28.7 Å². The van der Waals surface area contributed by atoms with Crippen molar-refractivity contribution in [1.82, 2.24) is 10.4 Å². The maximum Gasteiger partial charge on any atom is 0.273 e. The van der Waals surface area contributed by atoms with E-state index >= 15 is 0 Å². The molecule has 36 heavy (non-hydrogen) atoms. The lowest BCUT2D eigenvalue weighted by molar-refractivity contribution is -0.385. The number of hydrogen-bond acceptors (Lipinski definition) is 6. The number of para-hydroxylation sites is 1. The number of amides is 1. The molecule has 0 fully saturated rings. The molecule has 0 aliphatic rings. The lowest BCUT2D eigenvalue weighted by Gasteiger charge is -2.09. The average Bonchev–Trinajstić information content (AvgIpc) is 3.37. The van der Waals surface area contributed by atoms with Gasteiger partial charge >= 0.3 is 0 Å². The number of fused-ring (bicyclic) bond motifs is 1. The Hall–Kier alpha value is -5.11. The van der Waals surface area contributed by atoms with Gasteiger partial charge in [0, 0.05) is 28.1 Å². The summed E-state index contributed by atoms with van der Waals surface area (Å²) in [5.74, 6) is 0.458. The van der Waals surface area contributed by atoms with Gasteiger partial charge in [-0.05, 0) is 31.2 Å². The molecule has 1 N–H and O–H groups in total. The monoisotopic (exact) mass is 476 g/mol. The van der Waals surface area contributed by atoms with Crippen LogP contribution in [0.4, 0.5) is 5.69 Å². The summed E-state index contributed by atoms with van der Waals surface area (Å²) >= 11 is 0. The molecule has 8 nitrogen and oxygen atoms in total. The van der Waals surface area contributed by atoms with E-state index in [4.69, 9.17) is 9.40 Å². The predicted molar refractivity (Wildman–Crippen MR) is 138 cm³/mol. The molecule has 0 unspecified atom stereocenters. The standard InChI is InChI=1S/C28H20N4O4/c1-18-11-12-20(15-26(18)32(34)35)27-14-13-21(36-27)17-29-31-28(33)23-16-25(19-7-3-2-4-8-19)30-24-10-6-5-9-22(23)24/h2-17H,1H3,(H,31,33)/b29-17-. The summed E-state index contributed by atoms with van der Waals surface area (Å²) in [5, 5.41) is 16.0. The van der Waals surface area contributed by atoms with E-state index < -0.39 is 4.92 Å². The second-order valence-corrected chi connectivity index (χ2v) is 8.10. The Morgan fingerprint density at radius 3 is 2.56 bits per heavy atom. The topological polar surface area (TPSA) is 111 Å². The van der Waals surface area contributed by atoms with E-state index in [1.165, 1.54) is 12.3 Å². The van der Waals surface area contributed by atoms with Crippen molar-refractivity contribution in [3.63, 3.8) is 0 Å². The average molecular weight is 476 g/mol. The third-order valence-electron chi connectivity index (χ3n) is 5.71. The molecule has 5 rings (SSSR count). The maximum absolute atomic E-state index is 13.0. The fraction of sp³-hybridized carbons (Fsp3) is 0.0357. The van der Waals surface area contributed by atoms with Gasteiger partial charge in [-0.25, -0.2) is 10.4 Å². The number of carbonyl (C=O) groups is 1. The van der Waals surface area contributed by atoms with Crippen LogP contribution in [0.25, 0.3) is 33.5 Å². The summed E-state index contributed by atoms with van der Waals surface area (Å²) in [7, 11) is 0. The highest BCUT2D eigenvalue weighted by Crippen LogP contribution is 2.28. The van der Waals surface area contributed by atoms with Crippen LogP contribution in [0.5, 0.6) is 0 Å². The van der Waals surface area contributed by atoms with Gasteiger partial charge in [-0.1, -0.05) is 60.7 Å². The summed E-state index contributed by atoms with van der Waals surface area (Å²) in [6.07, 6.45) is 1.38. The Bertz CT molecular complexity index is 1620. The van der Waals surface area contributed by atoms with Crippen molar-refractivity contribution in [3.05, 3.63) is 118 Å². The molecule has 5 aromatic rings. The van der Waals surface area contributed by atoms with Gasteiger partial charge in [0.2, 0.25) is 0 Å². The van der Waals surface area contributed by atoms with E-state index in [-0.39, 0.29) is 11.6 Å². The minimum absolute atomic E-state index is 0.0193. The molecule has 0 aliphatic carbocycles. The van der Waals surface area contributed by atoms with Crippen molar-refractivity contribution in [3.8, 4) is 22.6 Å². The first-order chi connectivity index (χ1) is 17.5. The van der Waals surface area contributed by atoms with Crippen LogP contribution >= 0.6 is 0 Å². The number of carbonyl (C=O) groups excluding carboxylic acids is 1. The van der Waals surface area contributed by atoms with Crippen LogP contribution in [0.2, 0.25) is 0 Å². The Morgan fingerprint density at radius 2 is 1.75 bits per heavy atom. The van der Waals surface area contributed by atoms with E-state index in [1.807, 2.05) is 54.6 Å². The molecule has 2 aromatic heterocycles. The fourth-order valence-electron chi connectivity index (χ4n) is 3.87. The summed E-state index contributed by atoms with van der Waals surface area (Å²) < 4.78 is 5.75. The van der Waals surface area contributed by atoms with Crippen molar-refractivity contribution in [1.29, 1.82) is 0 Å². The molecule has 0 saturated heterocycles. The Labute approximate surface area is 206 Å². The van der Waals surface area contributed by atoms with Gasteiger partial charge < -0.3 is 4.42 Å². The highest BCUT2D eigenvalue weighted by Gasteiger charge is 2.15. The van der Waals surface area contributed by atoms with Gasteiger partial charge in [-0.3, -0.25) is 14.9 Å². The number of rotatable bonds is 6. The number of nitro benzene ring substituents is 1. The van der Waals surface area contributed by atoms with Gasteiger partial charge in [0.25, 0.3) is 11.6 Å². The lowest BCUT2D eigenvalue weighted by atomic mass is 10.0. The van der Waals surface area contributed by atoms with E-state index in [9.17, 15) is 14.9 Å². The zero-order chi connectivity index (χ0) is 25.1. The predicted octanol–water partition coefficient (Wildman–Crippen LogP) is 6.14. The van der Waals surface area contributed by atoms with Crippen molar-refractivity contribution in [2.24, 2.45) is 5.10 Å². The smallest absolute Gasteiger partial charge is 0.273 e. The summed E-state index contributed by atoms with van der Waals surface area (Å²) in [4.78, 5) is 28.5. The van der Waals surface area contributed by atoms with Crippen molar-refractivity contribution in [2.75, 3.05) is 0 Å². The van der Waals surface area contributed by atoms with Crippen molar-refractivity contribution < 1.29 is 14.1 Å². The number of pyridine rings is 1. The van der Waals surface area contributed by atoms with Crippen molar-refractivity contribution in [2.45, 2.75) is 6.92 Å². The molecular weight excluding hydrogens is 456 g/mol. The Balaban J connectivity index is 1.37. The quantitative estimate of drug-likeness (QED) is 0.180. The molecule has 8 heteroatoms. The van der Waals surface area contributed by atoms with Crippen LogP contribution in [0.3, 0.4) is 0 Å². The number of aryl methyl sites for hydroxylation is 1. The number of nitro groups is 1. The van der Waals surface area contributed by atoms with Gasteiger partial charge in [-0.2, -0.15) is 5.10 Å². The van der Waals surface area contributed by atoms with Crippen LogP contribution < -0.4 is 5.43 Å². The van der Waals surface area contributed by atoms with E-state index in [2.05, 4.69) is 10.5 Å². The van der Waals surface area contributed by atoms with Gasteiger partial charge in [-0.15, -0.1) is 0 Å². The Morgan fingerprint density at radius 1 is 0.972 bits per heavy atom. The fourth-order valence-corrected chi connectivity index (χ4v) is 3.87. The first-order valence-electron chi connectivity index (χ1n) is 11.1. The minimum Gasteiger partial charge on any atom is -0.455 e. The number of nitrogens with zero attached hydrogens (tertiary/aromatic N) is 3. The van der Waals surface area contributed by atoms with E-state index in [1.54, 1.807) is 37.3 Å². The van der Waals surface area contributed by atoms with Crippen LogP contribution in [-0.4, -0.2) is 22.0 Å². The second kappa shape index (κ2) is 9.63. The number of nitrogens with one attached hydrogen (secondary N) is 1. The highest BCUT2D eigenvalue weighted by atomic mass is 16.6. The number of furan rings is 1. The molecule has 2 heterocycles. The van der Waals surface area contributed by atoms with Crippen LogP contribution in [0.1, 0.15) is 21.7 Å². The van der Waals surface area contributed by atoms with Crippen LogP contribution in [0, 0.1) is 17.0 Å². The molecular formula is C28H20N4O4. The summed E-state index contributed by atoms with van der Waals surface area (Å²) in [6, 6.07) is 27.1. The molecule has 0 saturated carbocycles. The number of hydrazone groups is 1. The summed E-state index contributed by atoms with van der Waals surface area (Å²) in [5.41, 5.74) is 6.46. The van der Waals surface area contributed by atoms with Crippen LogP contribution in [0.15, 0.2) is 101 Å². The van der Waals surface area contributed by atoms with Crippen LogP contribution in [-0.2, 0) is 0 Å². The van der Waals surface area contributed by atoms with Gasteiger partial charge in [0.15, 0.2) is 0 Å². The molecule has 0 atom stereocenters. The molecule has 0 radical (unpaired) electrons. The molecule has 0 aliphatic heterocycles. The zero-order valence-corrected chi connectivity index (χ0v) is 19.2. The third-order valence-corrected chi connectivity index (χ3v) is 5.71. The molecule has 0 spiro atoms. The molecule has 176 valence electrons.